The van der Waals surface area contributed by atoms with E-state index in [0.717, 1.165) is 14.8 Å². The van der Waals surface area contributed by atoms with Crippen LogP contribution < -0.4 is 5.32 Å². The van der Waals surface area contributed by atoms with E-state index in [1.54, 1.807) is 18.3 Å². The lowest BCUT2D eigenvalue weighted by Crippen LogP contribution is -2.11. The Morgan fingerprint density at radius 1 is 1.05 bits per heavy atom. The minimum Gasteiger partial charge on any atom is -0.444 e. The molecular weight excluding hydrogens is 379 g/mol. The van der Waals surface area contributed by atoms with Crippen LogP contribution in [0.5, 0.6) is 0 Å². The maximum Gasteiger partial charge on any atom is 0.255 e. The van der Waals surface area contributed by atoms with Crippen molar-refractivity contribution in [1.82, 2.24) is 4.98 Å². The highest BCUT2D eigenvalue weighted by atomic mass is 127. The summed E-state index contributed by atoms with van der Waals surface area (Å²) in [6.45, 7) is 0. The van der Waals surface area contributed by atoms with E-state index in [9.17, 15) is 4.79 Å². The summed E-state index contributed by atoms with van der Waals surface area (Å²) in [7, 11) is 0. The Labute approximate surface area is 135 Å². The molecule has 1 N–H and O–H groups in total. The van der Waals surface area contributed by atoms with Gasteiger partial charge in [-0.05, 0) is 71.1 Å². The maximum absolute atomic E-state index is 12.1. The molecule has 1 amide bonds. The van der Waals surface area contributed by atoms with E-state index < -0.39 is 0 Å². The zero-order valence-corrected chi connectivity index (χ0v) is 13.1. The third-order valence-corrected chi connectivity index (χ3v) is 3.69. The molecule has 0 fully saturated rings. The number of anilines is 1. The SMILES string of the molecule is O=C(Nc1ccc(-c2cnco2)cc1)c1ccc(I)cc1. The lowest BCUT2D eigenvalue weighted by Gasteiger charge is -2.06. The first kappa shape index (κ1) is 13.8. The lowest BCUT2D eigenvalue weighted by molar-refractivity contribution is 0.102. The Kier molecular flexibility index (Phi) is 4.01. The molecule has 0 aliphatic rings. The molecule has 21 heavy (non-hydrogen) atoms. The fraction of sp³-hybridized carbons (Fsp3) is 0. The Bertz CT molecular complexity index is 735. The summed E-state index contributed by atoms with van der Waals surface area (Å²) >= 11 is 2.21. The van der Waals surface area contributed by atoms with Gasteiger partial charge < -0.3 is 9.73 Å². The molecule has 0 unspecified atom stereocenters. The maximum atomic E-state index is 12.1. The predicted molar refractivity (Wildman–Crippen MR) is 89.1 cm³/mol. The van der Waals surface area contributed by atoms with Gasteiger partial charge in [-0.15, -0.1) is 0 Å². The zero-order chi connectivity index (χ0) is 14.7. The van der Waals surface area contributed by atoms with Gasteiger partial charge in [0, 0.05) is 20.4 Å². The van der Waals surface area contributed by atoms with Crippen molar-refractivity contribution in [2.24, 2.45) is 0 Å². The minimum atomic E-state index is -0.126. The van der Waals surface area contributed by atoms with Gasteiger partial charge in [-0.2, -0.15) is 0 Å². The normalized spacial score (nSPS) is 10.3. The van der Waals surface area contributed by atoms with E-state index in [1.807, 2.05) is 36.4 Å². The van der Waals surface area contributed by atoms with Gasteiger partial charge in [-0.25, -0.2) is 4.98 Å². The summed E-state index contributed by atoms with van der Waals surface area (Å²) in [5, 5.41) is 2.86. The monoisotopic (exact) mass is 390 g/mol. The number of carbonyl (C=O) groups excluding carboxylic acids is 1. The molecule has 0 bridgehead atoms. The number of hydrogen-bond acceptors (Lipinski definition) is 3. The van der Waals surface area contributed by atoms with Gasteiger partial charge in [0.2, 0.25) is 0 Å². The highest BCUT2D eigenvalue weighted by Gasteiger charge is 2.06. The van der Waals surface area contributed by atoms with Gasteiger partial charge in [-0.3, -0.25) is 4.79 Å². The molecule has 1 heterocycles. The van der Waals surface area contributed by atoms with Crippen LogP contribution in [0.1, 0.15) is 10.4 Å². The molecule has 0 aliphatic heterocycles. The van der Waals surface area contributed by atoms with E-state index in [2.05, 4.69) is 32.9 Å². The van der Waals surface area contributed by atoms with E-state index in [0.29, 0.717) is 11.3 Å². The Morgan fingerprint density at radius 3 is 2.38 bits per heavy atom. The molecule has 4 nitrogen and oxygen atoms in total. The van der Waals surface area contributed by atoms with E-state index in [1.165, 1.54) is 6.39 Å². The van der Waals surface area contributed by atoms with Crippen molar-refractivity contribution in [2.75, 3.05) is 5.32 Å². The molecule has 2 aromatic carbocycles. The molecule has 0 saturated heterocycles. The Morgan fingerprint density at radius 2 is 1.76 bits per heavy atom. The van der Waals surface area contributed by atoms with Crippen LogP contribution in [-0.4, -0.2) is 10.9 Å². The van der Waals surface area contributed by atoms with Crippen molar-refractivity contribution in [3.8, 4) is 11.3 Å². The number of hydrogen-bond donors (Lipinski definition) is 1. The van der Waals surface area contributed by atoms with Crippen LogP contribution in [0, 0.1) is 3.57 Å². The van der Waals surface area contributed by atoms with Crippen LogP contribution in [0.2, 0.25) is 0 Å². The third kappa shape index (κ3) is 3.30. The fourth-order valence-corrected chi connectivity index (χ4v) is 2.24. The number of carbonyl (C=O) groups is 1. The molecule has 0 spiro atoms. The van der Waals surface area contributed by atoms with Crippen molar-refractivity contribution in [1.29, 1.82) is 0 Å². The van der Waals surface area contributed by atoms with Crippen molar-refractivity contribution in [2.45, 2.75) is 0 Å². The topological polar surface area (TPSA) is 55.1 Å². The van der Waals surface area contributed by atoms with Crippen LogP contribution >= 0.6 is 22.6 Å². The molecule has 3 rings (SSSR count). The van der Waals surface area contributed by atoms with Gasteiger partial charge in [0.25, 0.3) is 5.91 Å². The van der Waals surface area contributed by atoms with Gasteiger partial charge in [-0.1, -0.05) is 0 Å². The summed E-state index contributed by atoms with van der Waals surface area (Å²) in [6.07, 6.45) is 3.04. The number of rotatable bonds is 3. The van der Waals surface area contributed by atoms with Crippen molar-refractivity contribution in [3.05, 3.63) is 70.3 Å². The van der Waals surface area contributed by atoms with E-state index >= 15 is 0 Å². The van der Waals surface area contributed by atoms with Gasteiger partial charge in [0.05, 0.1) is 6.20 Å². The van der Waals surface area contributed by atoms with Crippen LogP contribution in [0.15, 0.2) is 65.5 Å². The molecule has 104 valence electrons. The summed E-state index contributed by atoms with van der Waals surface area (Å²) in [5.41, 5.74) is 2.29. The first-order valence-corrected chi connectivity index (χ1v) is 7.36. The molecule has 5 heteroatoms. The second kappa shape index (κ2) is 6.09. The summed E-state index contributed by atoms with van der Waals surface area (Å²) in [5.74, 6) is 0.573. The lowest BCUT2D eigenvalue weighted by atomic mass is 10.1. The fourth-order valence-electron chi connectivity index (χ4n) is 1.88. The van der Waals surface area contributed by atoms with Crippen molar-refractivity contribution < 1.29 is 9.21 Å². The average molecular weight is 390 g/mol. The second-order valence-corrected chi connectivity index (χ2v) is 5.65. The standard InChI is InChI=1S/C16H11IN2O2/c17-13-5-1-12(2-6-13)16(20)19-14-7-3-11(4-8-14)15-9-18-10-21-15/h1-10H,(H,19,20). The van der Waals surface area contributed by atoms with Gasteiger partial charge >= 0.3 is 0 Å². The van der Waals surface area contributed by atoms with Crippen molar-refractivity contribution >= 4 is 34.2 Å². The van der Waals surface area contributed by atoms with Gasteiger partial charge in [0.1, 0.15) is 0 Å². The largest absolute Gasteiger partial charge is 0.444 e. The smallest absolute Gasteiger partial charge is 0.255 e. The highest BCUT2D eigenvalue weighted by molar-refractivity contribution is 14.1. The average Bonchev–Trinajstić information content (AvgIpc) is 3.03. The first-order valence-electron chi connectivity index (χ1n) is 6.28. The van der Waals surface area contributed by atoms with Crippen LogP contribution in [-0.2, 0) is 0 Å². The Balaban J connectivity index is 1.73. The highest BCUT2D eigenvalue weighted by Crippen LogP contribution is 2.21. The number of benzene rings is 2. The Hall–Kier alpha value is -2.15. The van der Waals surface area contributed by atoms with E-state index in [-0.39, 0.29) is 5.91 Å². The van der Waals surface area contributed by atoms with Crippen LogP contribution in [0.4, 0.5) is 5.69 Å². The van der Waals surface area contributed by atoms with Crippen molar-refractivity contribution in [3.63, 3.8) is 0 Å². The number of nitrogens with one attached hydrogen (secondary N) is 1. The second-order valence-electron chi connectivity index (χ2n) is 4.40. The molecule has 0 radical (unpaired) electrons. The number of oxazole rings is 1. The summed E-state index contributed by atoms with van der Waals surface area (Å²) < 4.78 is 6.32. The quantitative estimate of drug-likeness (QED) is 0.683. The molecule has 0 aliphatic carbocycles. The first-order chi connectivity index (χ1) is 10.2. The van der Waals surface area contributed by atoms with Crippen LogP contribution in [0.25, 0.3) is 11.3 Å². The number of halogens is 1. The predicted octanol–water partition coefficient (Wildman–Crippen LogP) is 4.20. The molecular formula is C16H11IN2O2. The molecule has 0 atom stereocenters. The third-order valence-electron chi connectivity index (χ3n) is 2.97. The zero-order valence-electron chi connectivity index (χ0n) is 10.9. The summed E-state index contributed by atoms with van der Waals surface area (Å²) in [4.78, 5) is 16.0. The number of amides is 1. The van der Waals surface area contributed by atoms with Crippen LogP contribution in [0.3, 0.4) is 0 Å². The minimum absolute atomic E-state index is 0.126. The van der Waals surface area contributed by atoms with Gasteiger partial charge in [0.15, 0.2) is 12.2 Å². The number of aromatic nitrogens is 1. The number of nitrogens with zero attached hydrogens (tertiary/aromatic N) is 1. The summed E-state index contributed by atoms with van der Waals surface area (Å²) in [6, 6.07) is 14.9. The van der Waals surface area contributed by atoms with E-state index in [4.69, 9.17) is 4.42 Å². The molecule has 1 aromatic heterocycles. The molecule has 0 saturated carbocycles. The molecule has 3 aromatic rings.